The molecule has 1 aromatic heterocycles. The lowest BCUT2D eigenvalue weighted by Crippen LogP contribution is -2.36. The number of carbonyl (C=O) groups is 3. The molecule has 2 aromatic rings. The number of carbonyl (C=O) groups excluding carboxylic acids is 3. The number of amides is 2. The molecule has 1 heterocycles. The highest BCUT2D eigenvalue weighted by Crippen LogP contribution is 2.41. The molecule has 182 valence electrons. The molecule has 0 bridgehead atoms. The van der Waals surface area contributed by atoms with Crippen molar-refractivity contribution in [3.8, 4) is 0 Å². The number of nitrogens with zero attached hydrogens (tertiary/aromatic N) is 1. The molecule has 3 atom stereocenters. The first-order chi connectivity index (χ1) is 15.9. The van der Waals surface area contributed by atoms with Gasteiger partial charge < -0.3 is 10.1 Å². The summed E-state index contributed by atoms with van der Waals surface area (Å²) in [4.78, 5) is 42.4. The summed E-state index contributed by atoms with van der Waals surface area (Å²) in [5.74, 6) is -0.715. The molecule has 2 amide bonds. The van der Waals surface area contributed by atoms with Gasteiger partial charge in [0.15, 0.2) is 0 Å². The molecule has 1 aliphatic carbocycles. The van der Waals surface area contributed by atoms with Crippen molar-refractivity contribution in [2.45, 2.75) is 65.4 Å². The number of aryl methyl sites for hydroxylation is 1. The number of ketones is 1. The first-order valence-electron chi connectivity index (χ1n) is 11.5. The van der Waals surface area contributed by atoms with E-state index < -0.39 is 23.4 Å². The van der Waals surface area contributed by atoms with Gasteiger partial charge in [-0.15, -0.1) is 0 Å². The number of nitrogens with one attached hydrogen (secondary N) is 2. The van der Waals surface area contributed by atoms with Crippen LogP contribution in [-0.4, -0.2) is 28.4 Å². The summed E-state index contributed by atoms with van der Waals surface area (Å²) < 4.78 is 6.20. The first-order valence-corrected chi connectivity index (χ1v) is 12.3. The maximum atomic E-state index is 13.2. The predicted molar refractivity (Wildman–Crippen MR) is 136 cm³/mol. The van der Waals surface area contributed by atoms with Crippen LogP contribution in [0.4, 0.5) is 16.3 Å². The van der Waals surface area contributed by atoms with Crippen LogP contribution in [0.1, 0.15) is 64.0 Å². The molecule has 0 aliphatic heterocycles. The van der Waals surface area contributed by atoms with E-state index in [9.17, 15) is 14.4 Å². The lowest BCUT2D eigenvalue weighted by atomic mass is 9.70. The van der Waals surface area contributed by atoms with Gasteiger partial charge in [-0.3, -0.25) is 14.9 Å². The highest BCUT2D eigenvalue weighted by molar-refractivity contribution is 9.10. The van der Waals surface area contributed by atoms with Gasteiger partial charge in [-0.2, -0.15) is 0 Å². The number of ether oxygens (including phenoxy) is 1. The molecule has 8 heteroatoms. The van der Waals surface area contributed by atoms with E-state index in [-0.39, 0.29) is 11.8 Å². The summed E-state index contributed by atoms with van der Waals surface area (Å²) in [7, 11) is 0. The standard InChI is InChI=1S/C26H32BrN3O4/c1-15-9-10-20(17-7-6-8-18(27)13-17)21(11-15)22(31)24(32)29-19-12-16(2)23(28-14-19)30-25(33)34-26(3,4)5/h6-8,12-15,20-21H,9-11H2,1-5H3,(H,29,32)(H,28,30,33)/t15-,20+,21?/m1/s1. The average Bonchev–Trinajstić information content (AvgIpc) is 2.73. The third kappa shape index (κ3) is 6.88. The fourth-order valence-electron chi connectivity index (χ4n) is 4.34. The molecule has 0 saturated heterocycles. The molecular weight excluding hydrogens is 498 g/mol. The number of aromatic nitrogens is 1. The Balaban J connectivity index is 1.70. The van der Waals surface area contributed by atoms with Gasteiger partial charge in [-0.05, 0) is 81.7 Å². The first kappa shape index (κ1) is 25.9. The zero-order valence-corrected chi connectivity index (χ0v) is 21.9. The predicted octanol–water partition coefficient (Wildman–Crippen LogP) is 6.23. The van der Waals surface area contributed by atoms with Crippen LogP contribution < -0.4 is 10.6 Å². The Kier molecular flexibility index (Phi) is 8.13. The maximum absolute atomic E-state index is 13.2. The smallest absolute Gasteiger partial charge is 0.413 e. The van der Waals surface area contributed by atoms with E-state index >= 15 is 0 Å². The van der Waals surface area contributed by atoms with E-state index in [4.69, 9.17) is 4.74 Å². The fraction of sp³-hybridized carbons (Fsp3) is 0.462. The summed E-state index contributed by atoms with van der Waals surface area (Å²) in [5, 5.41) is 5.29. The van der Waals surface area contributed by atoms with Crippen molar-refractivity contribution in [1.82, 2.24) is 4.98 Å². The Morgan fingerprint density at radius 3 is 2.50 bits per heavy atom. The van der Waals surface area contributed by atoms with Crippen LogP contribution in [0.15, 0.2) is 41.0 Å². The molecule has 7 nitrogen and oxygen atoms in total. The molecule has 3 rings (SSSR count). The Morgan fingerprint density at radius 1 is 1.12 bits per heavy atom. The number of pyridine rings is 1. The molecule has 1 saturated carbocycles. The van der Waals surface area contributed by atoms with Gasteiger partial charge in [-0.1, -0.05) is 41.4 Å². The van der Waals surface area contributed by atoms with Crippen molar-refractivity contribution in [3.63, 3.8) is 0 Å². The quantitative estimate of drug-likeness (QED) is 0.447. The molecule has 1 fully saturated rings. The van der Waals surface area contributed by atoms with Crippen LogP contribution in [0.25, 0.3) is 0 Å². The van der Waals surface area contributed by atoms with Crippen LogP contribution in [0.5, 0.6) is 0 Å². The van der Waals surface area contributed by atoms with E-state index in [1.165, 1.54) is 6.20 Å². The number of anilines is 2. The highest BCUT2D eigenvalue weighted by atomic mass is 79.9. The second-order valence-corrected chi connectivity index (χ2v) is 10.9. The summed E-state index contributed by atoms with van der Waals surface area (Å²) in [6.45, 7) is 9.20. The molecule has 1 unspecified atom stereocenters. The largest absolute Gasteiger partial charge is 0.444 e. The molecule has 1 aliphatic rings. The van der Waals surface area contributed by atoms with Gasteiger partial charge in [-0.25, -0.2) is 9.78 Å². The second-order valence-electron chi connectivity index (χ2n) is 10.0. The minimum absolute atomic E-state index is 0.00668. The van der Waals surface area contributed by atoms with Crippen LogP contribution >= 0.6 is 15.9 Å². The van der Waals surface area contributed by atoms with Gasteiger partial charge in [0.2, 0.25) is 5.78 Å². The zero-order valence-electron chi connectivity index (χ0n) is 20.3. The lowest BCUT2D eigenvalue weighted by Gasteiger charge is -2.34. The Hall–Kier alpha value is -2.74. The lowest BCUT2D eigenvalue weighted by molar-refractivity contribution is -0.138. The highest BCUT2D eigenvalue weighted by Gasteiger charge is 2.37. The SMILES string of the molecule is Cc1cc(NC(=O)C(=O)C2C[C@H](C)CC[C@H]2c2cccc(Br)c2)cnc1NC(=O)OC(C)(C)C. The number of Topliss-reactive ketones (excluding diaryl/α,β-unsaturated/α-hetero) is 1. The van der Waals surface area contributed by atoms with Crippen LogP contribution in [0, 0.1) is 18.8 Å². The number of halogens is 1. The summed E-state index contributed by atoms with van der Waals surface area (Å²) in [6, 6.07) is 9.63. The maximum Gasteiger partial charge on any atom is 0.413 e. The van der Waals surface area contributed by atoms with Gasteiger partial charge in [0.25, 0.3) is 5.91 Å². The summed E-state index contributed by atoms with van der Waals surface area (Å²) in [5.41, 5.74) is 1.47. The monoisotopic (exact) mass is 529 g/mol. The molecule has 1 aromatic carbocycles. The number of hydrogen-bond acceptors (Lipinski definition) is 5. The normalized spacial score (nSPS) is 20.4. The average molecular weight is 530 g/mol. The van der Waals surface area contributed by atoms with Crippen molar-refractivity contribution in [2.24, 2.45) is 11.8 Å². The van der Waals surface area contributed by atoms with E-state index in [1.807, 2.05) is 24.3 Å². The van der Waals surface area contributed by atoms with Gasteiger partial charge in [0.05, 0.1) is 11.9 Å². The molecular formula is C26H32BrN3O4. The van der Waals surface area contributed by atoms with Crippen LogP contribution in [-0.2, 0) is 14.3 Å². The Labute approximate surface area is 209 Å². The molecule has 2 N–H and O–H groups in total. The van der Waals surface area contributed by atoms with Crippen molar-refractivity contribution >= 4 is 45.2 Å². The summed E-state index contributed by atoms with van der Waals surface area (Å²) >= 11 is 3.51. The Bertz CT molecular complexity index is 1080. The second kappa shape index (κ2) is 10.7. The molecule has 34 heavy (non-hydrogen) atoms. The topological polar surface area (TPSA) is 97.4 Å². The van der Waals surface area contributed by atoms with Crippen molar-refractivity contribution in [1.29, 1.82) is 0 Å². The number of benzene rings is 1. The number of rotatable bonds is 5. The van der Waals surface area contributed by atoms with E-state index in [0.29, 0.717) is 29.4 Å². The minimum Gasteiger partial charge on any atom is -0.444 e. The van der Waals surface area contributed by atoms with E-state index in [0.717, 1.165) is 22.9 Å². The van der Waals surface area contributed by atoms with Crippen LogP contribution in [0.3, 0.4) is 0 Å². The van der Waals surface area contributed by atoms with Gasteiger partial charge in [0, 0.05) is 10.4 Å². The summed E-state index contributed by atoms with van der Waals surface area (Å²) in [6.07, 6.45) is 3.38. The van der Waals surface area contributed by atoms with Crippen molar-refractivity contribution < 1.29 is 19.1 Å². The third-order valence-electron chi connectivity index (χ3n) is 5.91. The van der Waals surface area contributed by atoms with Gasteiger partial charge >= 0.3 is 6.09 Å². The third-order valence-corrected chi connectivity index (χ3v) is 6.40. The van der Waals surface area contributed by atoms with E-state index in [1.54, 1.807) is 33.8 Å². The number of hydrogen-bond donors (Lipinski definition) is 2. The van der Waals surface area contributed by atoms with E-state index in [2.05, 4.69) is 38.5 Å². The Morgan fingerprint density at radius 2 is 1.85 bits per heavy atom. The van der Waals surface area contributed by atoms with Crippen molar-refractivity contribution in [2.75, 3.05) is 10.6 Å². The minimum atomic E-state index is -0.645. The van der Waals surface area contributed by atoms with Gasteiger partial charge in [0.1, 0.15) is 11.4 Å². The zero-order chi connectivity index (χ0) is 25.0. The van der Waals surface area contributed by atoms with Crippen LogP contribution in [0.2, 0.25) is 0 Å². The fourth-order valence-corrected chi connectivity index (χ4v) is 4.76. The molecule has 0 radical (unpaired) electrons. The molecule has 0 spiro atoms. The van der Waals surface area contributed by atoms with Crippen molar-refractivity contribution in [3.05, 3.63) is 52.1 Å².